The standard InChI is InChI=1S/C8H7N3O/c1-6-4-9-8(12-6)7-2-3-10-11-5-7/h2-5H,1H3. The molecule has 0 aromatic carbocycles. The van der Waals surface area contributed by atoms with Crippen molar-refractivity contribution in [3.63, 3.8) is 0 Å². The maximum atomic E-state index is 5.29. The highest BCUT2D eigenvalue weighted by atomic mass is 16.4. The molecule has 0 saturated heterocycles. The Morgan fingerprint density at radius 1 is 1.25 bits per heavy atom. The Hall–Kier alpha value is -1.71. The number of nitrogens with zero attached hydrogens (tertiary/aromatic N) is 3. The van der Waals surface area contributed by atoms with E-state index in [9.17, 15) is 0 Å². The predicted octanol–water partition coefficient (Wildman–Crippen LogP) is 1.44. The smallest absolute Gasteiger partial charge is 0.227 e. The topological polar surface area (TPSA) is 51.8 Å². The predicted molar refractivity (Wildman–Crippen MR) is 42.3 cm³/mol. The van der Waals surface area contributed by atoms with Crippen LogP contribution < -0.4 is 0 Å². The van der Waals surface area contributed by atoms with Gasteiger partial charge in [0.05, 0.1) is 24.2 Å². The van der Waals surface area contributed by atoms with Gasteiger partial charge in [0.1, 0.15) is 5.76 Å². The van der Waals surface area contributed by atoms with Gasteiger partial charge in [0.15, 0.2) is 0 Å². The molecule has 0 radical (unpaired) electrons. The molecular weight excluding hydrogens is 154 g/mol. The lowest BCUT2D eigenvalue weighted by molar-refractivity contribution is 0.542. The van der Waals surface area contributed by atoms with E-state index in [0.29, 0.717) is 5.89 Å². The highest BCUT2D eigenvalue weighted by molar-refractivity contribution is 5.49. The molecule has 0 fully saturated rings. The molecule has 0 atom stereocenters. The van der Waals surface area contributed by atoms with E-state index in [-0.39, 0.29) is 0 Å². The second-order valence-corrected chi connectivity index (χ2v) is 2.41. The number of aryl methyl sites for hydroxylation is 1. The van der Waals surface area contributed by atoms with Gasteiger partial charge >= 0.3 is 0 Å². The van der Waals surface area contributed by atoms with Gasteiger partial charge in [-0.25, -0.2) is 4.98 Å². The van der Waals surface area contributed by atoms with E-state index in [0.717, 1.165) is 11.3 Å². The van der Waals surface area contributed by atoms with E-state index in [1.54, 1.807) is 24.7 Å². The lowest BCUT2D eigenvalue weighted by atomic mass is 10.3. The minimum Gasteiger partial charge on any atom is -0.441 e. The molecule has 4 heteroatoms. The van der Waals surface area contributed by atoms with Gasteiger partial charge in [-0.15, -0.1) is 0 Å². The van der Waals surface area contributed by atoms with Crippen LogP contribution in [0.2, 0.25) is 0 Å². The Labute approximate surface area is 69.3 Å². The Morgan fingerprint density at radius 2 is 2.17 bits per heavy atom. The average molecular weight is 161 g/mol. The van der Waals surface area contributed by atoms with Gasteiger partial charge in [0.25, 0.3) is 0 Å². The fraction of sp³-hybridized carbons (Fsp3) is 0.125. The molecule has 0 unspecified atom stereocenters. The molecule has 12 heavy (non-hydrogen) atoms. The molecule has 0 N–H and O–H groups in total. The van der Waals surface area contributed by atoms with Crippen molar-refractivity contribution >= 4 is 0 Å². The average Bonchev–Trinajstić information content (AvgIpc) is 2.54. The lowest BCUT2D eigenvalue weighted by Gasteiger charge is -1.90. The molecule has 2 aromatic rings. The van der Waals surface area contributed by atoms with Crippen molar-refractivity contribution in [2.24, 2.45) is 0 Å². The van der Waals surface area contributed by atoms with Crippen LogP contribution in [0, 0.1) is 6.92 Å². The number of rotatable bonds is 1. The third kappa shape index (κ3) is 1.18. The Bertz CT molecular complexity index is 369. The van der Waals surface area contributed by atoms with Crippen LogP contribution in [0.15, 0.2) is 29.1 Å². The van der Waals surface area contributed by atoms with Crippen LogP contribution in [0.3, 0.4) is 0 Å². The van der Waals surface area contributed by atoms with E-state index >= 15 is 0 Å². The SMILES string of the molecule is Cc1cnc(-c2ccnnc2)o1. The third-order valence-corrected chi connectivity index (χ3v) is 1.45. The molecule has 60 valence electrons. The van der Waals surface area contributed by atoms with Gasteiger partial charge in [-0.05, 0) is 13.0 Å². The van der Waals surface area contributed by atoms with Crippen LogP contribution in [0.5, 0.6) is 0 Å². The number of hydrogen-bond acceptors (Lipinski definition) is 4. The molecule has 0 saturated carbocycles. The van der Waals surface area contributed by atoms with Crippen LogP contribution in [-0.2, 0) is 0 Å². The molecule has 0 spiro atoms. The fourth-order valence-corrected chi connectivity index (χ4v) is 0.905. The maximum Gasteiger partial charge on any atom is 0.227 e. The number of aromatic nitrogens is 3. The zero-order valence-corrected chi connectivity index (χ0v) is 6.56. The van der Waals surface area contributed by atoms with Gasteiger partial charge in [0.2, 0.25) is 5.89 Å². The summed E-state index contributed by atoms with van der Waals surface area (Å²) in [6, 6.07) is 1.80. The first kappa shape index (κ1) is 6.97. The van der Waals surface area contributed by atoms with E-state index in [2.05, 4.69) is 15.2 Å². The zero-order chi connectivity index (χ0) is 8.39. The molecule has 0 amide bonds. The second kappa shape index (κ2) is 2.73. The van der Waals surface area contributed by atoms with Crippen LogP contribution in [0.1, 0.15) is 5.76 Å². The monoisotopic (exact) mass is 161 g/mol. The third-order valence-electron chi connectivity index (χ3n) is 1.45. The summed E-state index contributed by atoms with van der Waals surface area (Å²) in [6.45, 7) is 1.85. The summed E-state index contributed by atoms with van der Waals surface area (Å²) in [7, 11) is 0. The van der Waals surface area contributed by atoms with Crippen molar-refractivity contribution < 1.29 is 4.42 Å². The summed E-state index contributed by atoms with van der Waals surface area (Å²) in [5.74, 6) is 1.38. The Kier molecular flexibility index (Phi) is 1.59. The maximum absolute atomic E-state index is 5.29. The van der Waals surface area contributed by atoms with Crippen molar-refractivity contribution in [3.8, 4) is 11.5 Å². The van der Waals surface area contributed by atoms with E-state index in [1.807, 2.05) is 6.92 Å². The minimum atomic E-state index is 0.586. The highest BCUT2D eigenvalue weighted by Gasteiger charge is 2.02. The molecule has 0 aliphatic carbocycles. The number of hydrogen-bond donors (Lipinski definition) is 0. The Balaban J connectivity index is 2.45. The summed E-state index contributed by atoms with van der Waals surface area (Å²) >= 11 is 0. The van der Waals surface area contributed by atoms with Gasteiger partial charge in [-0.3, -0.25) is 0 Å². The Morgan fingerprint density at radius 3 is 2.75 bits per heavy atom. The van der Waals surface area contributed by atoms with Crippen molar-refractivity contribution in [1.29, 1.82) is 0 Å². The number of oxazole rings is 1. The van der Waals surface area contributed by atoms with E-state index in [1.165, 1.54) is 0 Å². The summed E-state index contributed by atoms with van der Waals surface area (Å²) < 4.78 is 5.29. The van der Waals surface area contributed by atoms with Crippen molar-refractivity contribution in [3.05, 3.63) is 30.4 Å². The van der Waals surface area contributed by atoms with Gasteiger partial charge < -0.3 is 4.42 Å². The second-order valence-electron chi connectivity index (χ2n) is 2.41. The first-order chi connectivity index (χ1) is 5.86. The lowest BCUT2D eigenvalue weighted by Crippen LogP contribution is -1.80. The van der Waals surface area contributed by atoms with Crippen LogP contribution >= 0.6 is 0 Å². The summed E-state index contributed by atoms with van der Waals surface area (Å²) in [5, 5.41) is 7.38. The van der Waals surface area contributed by atoms with Crippen molar-refractivity contribution in [2.75, 3.05) is 0 Å². The molecule has 0 aliphatic rings. The first-order valence-electron chi connectivity index (χ1n) is 3.56. The molecule has 2 heterocycles. The molecule has 0 aliphatic heterocycles. The first-order valence-corrected chi connectivity index (χ1v) is 3.56. The van der Waals surface area contributed by atoms with Gasteiger partial charge in [-0.1, -0.05) is 0 Å². The normalized spacial score (nSPS) is 10.1. The van der Waals surface area contributed by atoms with Gasteiger partial charge in [-0.2, -0.15) is 10.2 Å². The van der Waals surface area contributed by atoms with Crippen molar-refractivity contribution in [2.45, 2.75) is 6.92 Å². The van der Waals surface area contributed by atoms with E-state index in [4.69, 9.17) is 4.42 Å². The summed E-state index contributed by atoms with van der Waals surface area (Å²) in [6.07, 6.45) is 4.90. The molecule has 0 bridgehead atoms. The van der Waals surface area contributed by atoms with Crippen LogP contribution in [0.4, 0.5) is 0 Å². The van der Waals surface area contributed by atoms with Crippen LogP contribution in [0.25, 0.3) is 11.5 Å². The van der Waals surface area contributed by atoms with E-state index < -0.39 is 0 Å². The quantitative estimate of drug-likeness (QED) is 0.635. The summed E-state index contributed by atoms with van der Waals surface area (Å²) in [5.41, 5.74) is 0.845. The largest absolute Gasteiger partial charge is 0.441 e. The van der Waals surface area contributed by atoms with Gasteiger partial charge in [0, 0.05) is 0 Å². The highest BCUT2D eigenvalue weighted by Crippen LogP contribution is 2.15. The fourth-order valence-electron chi connectivity index (χ4n) is 0.905. The molecule has 2 aromatic heterocycles. The molecule has 2 rings (SSSR count). The molecule has 4 nitrogen and oxygen atoms in total. The molecular formula is C8H7N3O. The van der Waals surface area contributed by atoms with Crippen molar-refractivity contribution in [1.82, 2.24) is 15.2 Å². The minimum absolute atomic E-state index is 0.586. The zero-order valence-electron chi connectivity index (χ0n) is 6.56. The summed E-state index contributed by atoms with van der Waals surface area (Å²) in [4.78, 5) is 4.05. The van der Waals surface area contributed by atoms with Crippen LogP contribution in [-0.4, -0.2) is 15.2 Å².